The zero-order chi connectivity index (χ0) is 22.3. The average molecular weight is 454 g/mol. The summed E-state index contributed by atoms with van der Waals surface area (Å²) in [6.07, 6.45) is 1.71. The van der Waals surface area contributed by atoms with Crippen LogP contribution in [0.3, 0.4) is 0 Å². The molecule has 3 aromatic rings. The molecule has 0 unspecified atom stereocenters. The Kier molecular flexibility index (Phi) is 7.23. The van der Waals surface area contributed by atoms with Crippen molar-refractivity contribution in [1.82, 2.24) is 9.97 Å². The molecule has 158 valence electrons. The fraction of sp³-hybridized carbons (Fsp3) is 0.143. The van der Waals surface area contributed by atoms with E-state index in [0.29, 0.717) is 22.0 Å². The molecule has 0 atom stereocenters. The highest BCUT2D eigenvalue weighted by Gasteiger charge is 2.15. The summed E-state index contributed by atoms with van der Waals surface area (Å²) in [5.74, 6) is 0.457. The molecule has 1 amide bonds. The van der Waals surface area contributed by atoms with Crippen LogP contribution in [-0.2, 0) is 14.8 Å². The summed E-state index contributed by atoms with van der Waals surface area (Å²) >= 11 is 1.34. The van der Waals surface area contributed by atoms with Crippen molar-refractivity contribution in [2.75, 3.05) is 15.8 Å². The zero-order valence-electron chi connectivity index (χ0n) is 16.6. The van der Waals surface area contributed by atoms with Gasteiger partial charge in [-0.1, -0.05) is 6.07 Å². The number of hydrogen-bond acceptors (Lipinski definition) is 7. The topological polar surface area (TPSA) is 125 Å². The number of hydrogen-bond donors (Lipinski definition) is 2. The van der Waals surface area contributed by atoms with Gasteiger partial charge in [0.15, 0.2) is 0 Å². The molecule has 0 saturated carbocycles. The van der Waals surface area contributed by atoms with Crippen molar-refractivity contribution >= 4 is 39.2 Å². The van der Waals surface area contributed by atoms with Crippen LogP contribution in [0.15, 0.2) is 70.7 Å². The molecular formula is C21H19N5O3S2. The van der Waals surface area contributed by atoms with Gasteiger partial charge in [0.2, 0.25) is 5.91 Å². The molecule has 0 bridgehead atoms. The van der Waals surface area contributed by atoms with Crippen LogP contribution in [0.1, 0.15) is 17.7 Å². The van der Waals surface area contributed by atoms with Crippen LogP contribution in [0.5, 0.6) is 0 Å². The van der Waals surface area contributed by atoms with E-state index in [9.17, 15) is 13.2 Å². The third kappa shape index (κ3) is 6.28. The van der Waals surface area contributed by atoms with E-state index in [1.54, 1.807) is 30.3 Å². The van der Waals surface area contributed by atoms with Gasteiger partial charge in [-0.15, -0.1) is 11.8 Å². The summed E-state index contributed by atoms with van der Waals surface area (Å²) in [6, 6.07) is 16.3. The number of nitrogens with one attached hydrogen (secondary N) is 2. The summed E-state index contributed by atoms with van der Waals surface area (Å²) in [4.78, 5) is 20.5. The molecule has 31 heavy (non-hydrogen) atoms. The summed E-state index contributed by atoms with van der Waals surface area (Å²) in [5.41, 5.74) is 1.77. The predicted octanol–water partition coefficient (Wildman–Crippen LogP) is 3.58. The predicted molar refractivity (Wildman–Crippen MR) is 119 cm³/mol. The minimum atomic E-state index is -3.78. The Morgan fingerprint density at radius 3 is 2.58 bits per heavy atom. The Balaban J connectivity index is 1.54. The van der Waals surface area contributed by atoms with Gasteiger partial charge in [-0.05, 0) is 55.5 Å². The lowest BCUT2D eigenvalue weighted by atomic mass is 10.3. The van der Waals surface area contributed by atoms with E-state index >= 15 is 0 Å². The molecule has 0 saturated heterocycles. The summed E-state index contributed by atoms with van der Waals surface area (Å²) in [6.45, 7) is 1.84. The van der Waals surface area contributed by atoms with Gasteiger partial charge < -0.3 is 5.32 Å². The number of amides is 1. The number of pyridine rings is 2. The molecule has 2 N–H and O–H groups in total. The van der Waals surface area contributed by atoms with Gasteiger partial charge in [-0.3, -0.25) is 9.52 Å². The number of aromatic nitrogens is 2. The average Bonchev–Trinajstić information content (AvgIpc) is 2.75. The molecular weight excluding hydrogens is 434 g/mol. The molecule has 8 nitrogen and oxygen atoms in total. The molecule has 1 aromatic carbocycles. The fourth-order valence-electron chi connectivity index (χ4n) is 2.53. The number of sulfonamides is 1. The third-order valence-corrected chi connectivity index (χ3v) is 6.40. The lowest BCUT2D eigenvalue weighted by molar-refractivity contribution is -0.115. The van der Waals surface area contributed by atoms with Gasteiger partial charge in [0, 0.05) is 29.8 Å². The number of carbonyl (C=O) groups excluding carboxylic acids is 1. The van der Waals surface area contributed by atoms with E-state index < -0.39 is 10.0 Å². The van der Waals surface area contributed by atoms with Gasteiger partial charge in [-0.25, -0.2) is 18.4 Å². The largest absolute Gasteiger partial charge is 0.326 e. The Morgan fingerprint density at radius 2 is 1.90 bits per heavy atom. The first-order valence-corrected chi connectivity index (χ1v) is 11.7. The standard InChI is InChI=1S/C21H19N5O3S2/c1-15-5-6-16(14-22)21(24-15)30-13-11-20(27)25-17-7-9-18(10-8-17)31(28,29)26-19-4-2-3-12-23-19/h2-10,12H,11,13H2,1H3,(H,23,26)(H,25,27). The summed E-state index contributed by atoms with van der Waals surface area (Å²) < 4.78 is 27.2. The SMILES string of the molecule is Cc1ccc(C#N)c(SCCC(=O)Nc2ccc(S(=O)(=O)Nc3ccccn3)cc2)n1. The number of rotatable bonds is 8. The normalized spacial score (nSPS) is 10.8. The van der Waals surface area contributed by atoms with Crippen LogP contribution < -0.4 is 10.0 Å². The van der Waals surface area contributed by atoms with Crippen LogP contribution >= 0.6 is 11.8 Å². The Labute approximate surface area is 184 Å². The molecule has 2 aromatic heterocycles. The first kappa shape index (κ1) is 22.3. The summed E-state index contributed by atoms with van der Waals surface area (Å²) in [7, 11) is -3.78. The van der Waals surface area contributed by atoms with Crippen molar-refractivity contribution in [3.63, 3.8) is 0 Å². The maximum Gasteiger partial charge on any atom is 0.263 e. The highest BCUT2D eigenvalue weighted by atomic mass is 32.2. The minimum Gasteiger partial charge on any atom is -0.326 e. The van der Waals surface area contributed by atoms with E-state index in [2.05, 4.69) is 26.1 Å². The third-order valence-electron chi connectivity index (χ3n) is 4.04. The Hall–Kier alpha value is -3.42. The van der Waals surface area contributed by atoms with E-state index in [4.69, 9.17) is 5.26 Å². The molecule has 3 rings (SSSR count). The number of anilines is 2. The molecule has 0 fully saturated rings. The summed E-state index contributed by atoms with van der Waals surface area (Å²) in [5, 5.41) is 12.5. The monoisotopic (exact) mass is 453 g/mol. The second-order valence-corrected chi connectivity index (χ2v) is 9.17. The van der Waals surface area contributed by atoms with Crippen LogP contribution in [-0.4, -0.2) is 30.0 Å². The second kappa shape index (κ2) is 10.1. The van der Waals surface area contributed by atoms with Gasteiger partial charge >= 0.3 is 0 Å². The molecule has 0 aliphatic rings. The first-order chi connectivity index (χ1) is 14.9. The minimum absolute atomic E-state index is 0.0567. The molecule has 10 heteroatoms. The fourth-order valence-corrected chi connectivity index (χ4v) is 4.50. The maximum absolute atomic E-state index is 12.4. The van der Waals surface area contributed by atoms with Crippen LogP contribution in [0.2, 0.25) is 0 Å². The molecule has 0 aliphatic heterocycles. The number of carbonyl (C=O) groups is 1. The van der Waals surface area contributed by atoms with E-state index in [-0.39, 0.29) is 23.0 Å². The highest BCUT2D eigenvalue weighted by molar-refractivity contribution is 7.99. The van der Waals surface area contributed by atoms with Crippen molar-refractivity contribution < 1.29 is 13.2 Å². The van der Waals surface area contributed by atoms with Crippen LogP contribution in [0, 0.1) is 18.3 Å². The quantitative estimate of drug-likeness (QED) is 0.499. The van der Waals surface area contributed by atoms with Crippen molar-refractivity contribution in [3.8, 4) is 6.07 Å². The second-order valence-electron chi connectivity index (χ2n) is 6.41. The number of thioether (sulfide) groups is 1. The molecule has 0 aliphatic carbocycles. The maximum atomic E-state index is 12.4. The lowest BCUT2D eigenvalue weighted by Crippen LogP contribution is -2.15. The van der Waals surface area contributed by atoms with Crippen molar-refractivity contribution in [3.05, 3.63) is 72.1 Å². The van der Waals surface area contributed by atoms with E-state index in [1.165, 1.54) is 42.2 Å². The van der Waals surface area contributed by atoms with Crippen molar-refractivity contribution in [2.24, 2.45) is 0 Å². The lowest BCUT2D eigenvalue weighted by Gasteiger charge is -2.09. The van der Waals surface area contributed by atoms with Crippen molar-refractivity contribution in [2.45, 2.75) is 23.3 Å². The molecule has 2 heterocycles. The Morgan fingerprint density at radius 1 is 1.13 bits per heavy atom. The zero-order valence-corrected chi connectivity index (χ0v) is 18.2. The van der Waals surface area contributed by atoms with Gasteiger partial charge in [0.05, 0.1) is 10.5 Å². The smallest absolute Gasteiger partial charge is 0.263 e. The van der Waals surface area contributed by atoms with Gasteiger partial charge in [0.25, 0.3) is 10.0 Å². The van der Waals surface area contributed by atoms with Crippen molar-refractivity contribution in [1.29, 1.82) is 5.26 Å². The van der Waals surface area contributed by atoms with Gasteiger partial charge in [-0.2, -0.15) is 5.26 Å². The van der Waals surface area contributed by atoms with Crippen LogP contribution in [0.4, 0.5) is 11.5 Å². The number of benzene rings is 1. The Bertz CT molecular complexity index is 1210. The number of nitriles is 1. The number of aryl methyl sites for hydroxylation is 1. The van der Waals surface area contributed by atoms with Crippen LogP contribution in [0.25, 0.3) is 0 Å². The first-order valence-electron chi connectivity index (χ1n) is 9.22. The van der Waals surface area contributed by atoms with E-state index in [0.717, 1.165) is 5.69 Å². The van der Waals surface area contributed by atoms with Gasteiger partial charge in [0.1, 0.15) is 16.9 Å². The van der Waals surface area contributed by atoms with E-state index in [1.807, 2.05) is 6.92 Å². The molecule has 0 spiro atoms. The highest BCUT2D eigenvalue weighted by Crippen LogP contribution is 2.22. The molecule has 0 radical (unpaired) electrons. The number of nitrogens with zero attached hydrogens (tertiary/aromatic N) is 3.